The molecule has 0 saturated carbocycles. The van der Waals surface area contributed by atoms with Crippen molar-refractivity contribution in [2.45, 2.75) is 26.7 Å². The standard InChI is InChI=1S/C14H18OS/c1-9(2)12(8-15)14-10(3)11-6-4-5-7-13(11)16-14/h4-7,9,12,15H,8H2,1-3H3. The second kappa shape index (κ2) is 4.56. The van der Waals surface area contributed by atoms with Gasteiger partial charge in [0.2, 0.25) is 0 Å². The predicted molar refractivity (Wildman–Crippen MR) is 71.2 cm³/mol. The van der Waals surface area contributed by atoms with Gasteiger partial charge in [-0.05, 0) is 29.9 Å². The summed E-state index contributed by atoms with van der Waals surface area (Å²) in [6, 6.07) is 8.48. The number of fused-ring (bicyclic) bond motifs is 1. The smallest absolute Gasteiger partial charge is 0.0510 e. The van der Waals surface area contributed by atoms with Crippen LogP contribution in [0.4, 0.5) is 0 Å². The largest absolute Gasteiger partial charge is 0.396 e. The molecule has 1 heterocycles. The highest BCUT2D eigenvalue weighted by atomic mass is 32.1. The summed E-state index contributed by atoms with van der Waals surface area (Å²) in [6.45, 7) is 6.75. The summed E-state index contributed by atoms with van der Waals surface area (Å²) in [5, 5.41) is 10.8. The molecule has 1 aromatic carbocycles. The van der Waals surface area contributed by atoms with E-state index in [9.17, 15) is 5.11 Å². The van der Waals surface area contributed by atoms with Crippen LogP contribution in [0.15, 0.2) is 24.3 Å². The minimum absolute atomic E-state index is 0.241. The minimum atomic E-state index is 0.241. The first-order valence-electron chi connectivity index (χ1n) is 5.74. The molecule has 16 heavy (non-hydrogen) atoms. The Morgan fingerprint density at radius 3 is 2.50 bits per heavy atom. The summed E-state index contributed by atoms with van der Waals surface area (Å²) in [6.07, 6.45) is 0. The number of thiophene rings is 1. The fraction of sp³-hybridized carbons (Fsp3) is 0.429. The maximum atomic E-state index is 9.51. The lowest BCUT2D eigenvalue weighted by Gasteiger charge is -2.17. The van der Waals surface area contributed by atoms with Crippen LogP contribution in [-0.2, 0) is 0 Å². The highest BCUT2D eigenvalue weighted by Gasteiger charge is 2.20. The first kappa shape index (κ1) is 11.6. The zero-order valence-corrected chi connectivity index (χ0v) is 10.8. The summed E-state index contributed by atoms with van der Waals surface area (Å²) < 4.78 is 1.33. The lowest BCUT2D eigenvalue weighted by atomic mass is 9.92. The summed E-state index contributed by atoms with van der Waals surface area (Å²) in [7, 11) is 0. The van der Waals surface area contributed by atoms with Crippen LogP contribution in [0, 0.1) is 12.8 Å². The van der Waals surface area contributed by atoms with E-state index in [1.165, 1.54) is 20.5 Å². The molecule has 0 bridgehead atoms. The molecular formula is C14H18OS. The molecule has 0 radical (unpaired) electrons. The molecular weight excluding hydrogens is 216 g/mol. The number of benzene rings is 1. The minimum Gasteiger partial charge on any atom is -0.396 e. The van der Waals surface area contributed by atoms with Gasteiger partial charge in [0, 0.05) is 15.5 Å². The maximum absolute atomic E-state index is 9.51. The average Bonchev–Trinajstić information content (AvgIpc) is 2.58. The second-order valence-corrected chi connectivity index (χ2v) is 5.70. The first-order chi connectivity index (χ1) is 7.65. The van der Waals surface area contributed by atoms with Crippen LogP contribution in [0.2, 0.25) is 0 Å². The SMILES string of the molecule is Cc1c(C(CO)C(C)C)sc2ccccc12. The third kappa shape index (κ3) is 1.87. The summed E-state index contributed by atoms with van der Waals surface area (Å²) in [4.78, 5) is 1.35. The first-order valence-corrected chi connectivity index (χ1v) is 6.55. The quantitative estimate of drug-likeness (QED) is 0.852. The third-order valence-corrected chi connectivity index (χ3v) is 4.62. The molecule has 1 unspecified atom stereocenters. The van der Waals surface area contributed by atoms with Crippen LogP contribution in [0.3, 0.4) is 0 Å². The third-order valence-electron chi connectivity index (χ3n) is 3.22. The maximum Gasteiger partial charge on any atom is 0.0510 e. The fourth-order valence-electron chi connectivity index (χ4n) is 2.14. The molecule has 86 valence electrons. The Morgan fingerprint density at radius 1 is 1.25 bits per heavy atom. The number of aryl methyl sites for hydroxylation is 1. The molecule has 2 rings (SSSR count). The van der Waals surface area contributed by atoms with Crippen LogP contribution in [0.1, 0.15) is 30.2 Å². The number of hydrogen-bond donors (Lipinski definition) is 1. The van der Waals surface area contributed by atoms with Crippen molar-refractivity contribution in [1.82, 2.24) is 0 Å². The molecule has 2 heteroatoms. The Hall–Kier alpha value is -0.860. The van der Waals surface area contributed by atoms with Crippen LogP contribution in [-0.4, -0.2) is 11.7 Å². The summed E-state index contributed by atoms with van der Waals surface area (Å²) in [5.41, 5.74) is 1.34. The monoisotopic (exact) mass is 234 g/mol. The molecule has 0 aliphatic heterocycles. The van der Waals surface area contributed by atoms with Crippen LogP contribution in [0.5, 0.6) is 0 Å². The van der Waals surface area contributed by atoms with Gasteiger partial charge < -0.3 is 5.11 Å². The predicted octanol–water partition coefficient (Wildman–Crippen LogP) is 3.94. The van der Waals surface area contributed by atoms with Crippen molar-refractivity contribution in [1.29, 1.82) is 0 Å². The van der Waals surface area contributed by atoms with E-state index in [0.717, 1.165) is 0 Å². The molecule has 1 N–H and O–H groups in total. The zero-order valence-electron chi connectivity index (χ0n) is 10.0. The van der Waals surface area contributed by atoms with Crippen molar-refractivity contribution in [3.05, 3.63) is 34.7 Å². The van der Waals surface area contributed by atoms with E-state index in [2.05, 4.69) is 45.0 Å². The lowest BCUT2D eigenvalue weighted by molar-refractivity contribution is 0.239. The van der Waals surface area contributed by atoms with E-state index in [-0.39, 0.29) is 12.5 Å². The Balaban J connectivity index is 2.56. The number of aliphatic hydroxyl groups is 1. The Morgan fingerprint density at radius 2 is 1.94 bits per heavy atom. The van der Waals surface area contributed by atoms with Gasteiger partial charge >= 0.3 is 0 Å². The van der Waals surface area contributed by atoms with Gasteiger partial charge in [-0.1, -0.05) is 32.0 Å². The van der Waals surface area contributed by atoms with Gasteiger partial charge in [-0.25, -0.2) is 0 Å². The average molecular weight is 234 g/mol. The van der Waals surface area contributed by atoms with Gasteiger partial charge in [-0.15, -0.1) is 11.3 Å². The van der Waals surface area contributed by atoms with Crippen molar-refractivity contribution in [2.75, 3.05) is 6.61 Å². The zero-order chi connectivity index (χ0) is 11.7. The molecule has 2 aromatic rings. The van der Waals surface area contributed by atoms with Crippen molar-refractivity contribution < 1.29 is 5.11 Å². The topological polar surface area (TPSA) is 20.2 Å². The highest BCUT2D eigenvalue weighted by Crippen LogP contribution is 2.38. The van der Waals surface area contributed by atoms with Gasteiger partial charge in [0.25, 0.3) is 0 Å². The van der Waals surface area contributed by atoms with Crippen molar-refractivity contribution in [2.24, 2.45) is 5.92 Å². The van der Waals surface area contributed by atoms with Crippen molar-refractivity contribution >= 4 is 21.4 Å². The van der Waals surface area contributed by atoms with E-state index in [0.29, 0.717) is 5.92 Å². The molecule has 0 fully saturated rings. The summed E-state index contributed by atoms with van der Waals surface area (Å²) in [5.74, 6) is 0.758. The number of aliphatic hydroxyl groups excluding tert-OH is 1. The van der Waals surface area contributed by atoms with Crippen LogP contribution in [0.25, 0.3) is 10.1 Å². The number of hydrogen-bond acceptors (Lipinski definition) is 2. The van der Waals surface area contributed by atoms with E-state index in [1.807, 2.05) is 11.3 Å². The molecule has 1 nitrogen and oxygen atoms in total. The van der Waals surface area contributed by atoms with E-state index < -0.39 is 0 Å². The molecule has 0 aliphatic carbocycles. The molecule has 0 spiro atoms. The fourth-order valence-corrected chi connectivity index (χ4v) is 3.62. The van der Waals surface area contributed by atoms with Crippen LogP contribution < -0.4 is 0 Å². The van der Waals surface area contributed by atoms with E-state index in [4.69, 9.17) is 0 Å². The van der Waals surface area contributed by atoms with Gasteiger partial charge in [0.15, 0.2) is 0 Å². The lowest BCUT2D eigenvalue weighted by Crippen LogP contribution is -2.10. The Kier molecular flexibility index (Phi) is 3.31. The van der Waals surface area contributed by atoms with Gasteiger partial charge in [-0.2, -0.15) is 0 Å². The van der Waals surface area contributed by atoms with Gasteiger partial charge in [0.05, 0.1) is 6.61 Å². The second-order valence-electron chi connectivity index (χ2n) is 4.62. The summed E-state index contributed by atoms with van der Waals surface area (Å²) >= 11 is 1.82. The van der Waals surface area contributed by atoms with Crippen molar-refractivity contribution in [3.63, 3.8) is 0 Å². The molecule has 1 aromatic heterocycles. The Bertz CT molecular complexity index is 484. The highest BCUT2D eigenvalue weighted by molar-refractivity contribution is 7.19. The van der Waals surface area contributed by atoms with E-state index in [1.54, 1.807) is 0 Å². The Labute approximate surface area is 101 Å². The van der Waals surface area contributed by atoms with Gasteiger partial charge in [-0.3, -0.25) is 0 Å². The molecule has 0 amide bonds. The number of rotatable bonds is 3. The van der Waals surface area contributed by atoms with E-state index >= 15 is 0 Å². The van der Waals surface area contributed by atoms with Crippen LogP contribution >= 0.6 is 11.3 Å². The normalized spacial score (nSPS) is 13.6. The molecule has 0 saturated heterocycles. The van der Waals surface area contributed by atoms with Crippen molar-refractivity contribution in [3.8, 4) is 0 Å². The molecule has 1 atom stereocenters. The molecule has 0 aliphatic rings. The van der Waals surface area contributed by atoms with Gasteiger partial charge in [0.1, 0.15) is 0 Å².